The molecule has 4 aromatic rings. The van der Waals surface area contributed by atoms with Crippen molar-refractivity contribution in [1.29, 1.82) is 0 Å². The van der Waals surface area contributed by atoms with Gasteiger partial charge in [0.25, 0.3) is 10.0 Å². The highest BCUT2D eigenvalue weighted by Gasteiger charge is 2.29. The normalized spacial score (nSPS) is 21.5. The minimum atomic E-state index is -3.81. The number of rotatable bonds is 5. The van der Waals surface area contributed by atoms with Crippen molar-refractivity contribution in [3.8, 4) is 11.1 Å². The Morgan fingerprint density at radius 2 is 1.70 bits per heavy atom. The van der Waals surface area contributed by atoms with Gasteiger partial charge in [0.2, 0.25) is 0 Å². The number of hydrogen-bond acceptors (Lipinski definition) is 6. The van der Waals surface area contributed by atoms with Crippen LogP contribution in [-0.2, 0) is 21.8 Å². The molecule has 0 atom stereocenters. The zero-order valence-electron chi connectivity index (χ0n) is 21.4. The van der Waals surface area contributed by atoms with Crippen molar-refractivity contribution in [2.24, 2.45) is 7.05 Å². The standard InChI is InChI=1S/C28H33N5O3S/c1-20-26(18-30-31(20)2)27-19-33(37(34,35)24-6-4-3-5-7-24)28-25(27)16-22(17-29-28)21-8-10-23(11-9-21)32-12-14-36-15-13-32/h3-7,16-19,21,23H,8-15H2,1-2H3/t21-,23+. The van der Waals surface area contributed by atoms with Gasteiger partial charge in [0.1, 0.15) is 0 Å². The summed E-state index contributed by atoms with van der Waals surface area (Å²) < 4.78 is 36.0. The summed E-state index contributed by atoms with van der Waals surface area (Å²) in [4.78, 5) is 7.60. The predicted molar refractivity (Wildman–Crippen MR) is 143 cm³/mol. The summed E-state index contributed by atoms with van der Waals surface area (Å²) in [7, 11) is -1.91. The van der Waals surface area contributed by atoms with Crippen LogP contribution in [0, 0.1) is 6.92 Å². The largest absolute Gasteiger partial charge is 0.379 e. The van der Waals surface area contributed by atoms with Crippen LogP contribution < -0.4 is 0 Å². The minimum absolute atomic E-state index is 0.244. The second kappa shape index (κ2) is 9.70. The summed E-state index contributed by atoms with van der Waals surface area (Å²) >= 11 is 0. The summed E-state index contributed by atoms with van der Waals surface area (Å²) in [5, 5.41) is 5.27. The van der Waals surface area contributed by atoms with Crippen LogP contribution in [-0.4, -0.2) is 64.4 Å². The van der Waals surface area contributed by atoms with E-state index < -0.39 is 10.0 Å². The Morgan fingerprint density at radius 1 is 0.973 bits per heavy atom. The van der Waals surface area contributed by atoms with Crippen molar-refractivity contribution in [1.82, 2.24) is 23.6 Å². The number of fused-ring (bicyclic) bond motifs is 1. The molecule has 1 aliphatic carbocycles. The molecule has 2 fully saturated rings. The minimum Gasteiger partial charge on any atom is -0.379 e. The maximum atomic E-state index is 13.6. The second-order valence-electron chi connectivity index (χ2n) is 10.2. The van der Waals surface area contributed by atoms with Crippen LogP contribution in [0.4, 0.5) is 0 Å². The lowest BCUT2D eigenvalue weighted by Gasteiger charge is -2.38. The fraction of sp³-hybridized carbons (Fsp3) is 0.429. The van der Waals surface area contributed by atoms with Crippen LogP contribution in [0.1, 0.15) is 42.9 Å². The molecule has 0 radical (unpaired) electrons. The highest BCUT2D eigenvalue weighted by molar-refractivity contribution is 7.90. The lowest BCUT2D eigenvalue weighted by molar-refractivity contribution is 0.00729. The number of ether oxygens (including phenoxy) is 1. The third-order valence-electron chi connectivity index (χ3n) is 8.19. The number of aromatic nitrogens is 4. The Kier molecular flexibility index (Phi) is 6.38. The summed E-state index contributed by atoms with van der Waals surface area (Å²) in [5.74, 6) is 0.422. The summed E-state index contributed by atoms with van der Waals surface area (Å²) in [5.41, 5.74) is 4.38. The van der Waals surface area contributed by atoms with Gasteiger partial charge in [-0.05, 0) is 62.3 Å². The van der Waals surface area contributed by atoms with E-state index in [1.54, 1.807) is 30.5 Å². The topological polar surface area (TPSA) is 82.2 Å². The van der Waals surface area contributed by atoms with Crippen LogP contribution in [0.15, 0.2) is 59.9 Å². The molecule has 4 heterocycles. The maximum absolute atomic E-state index is 13.6. The molecule has 1 aliphatic heterocycles. The van der Waals surface area contributed by atoms with Crippen molar-refractivity contribution < 1.29 is 13.2 Å². The molecule has 1 saturated carbocycles. The summed E-state index contributed by atoms with van der Waals surface area (Å²) in [6.07, 6.45) is 9.96. The van der Waals surface area contributed by atoms with E-state index in [9.17, 15) is 8.42 Å². The fourth-order valence-electron chi connectivity index (χ4n) is 5.90. The first-order chi connectivity index (χ1) is 17.9. The number of nitrogens with zero attached hydrogens (tertiary/aromatic N) is 5. The third kappa shape index (κ3) is 4.39. The van der Waals surface area contributed by atoms with E-state index in [0.717, 1.165) is 61.4 Å². The van der Waals surface area contributed by atoms with Gasteiger partial charge in [-0.1, -0.05) is 18.2 Å². The van der Waals surface area contributed by atoms with E-state index >= 15 is 0 Å². The van der Waals surface area contributed by atoms with Gasteiger partial charge in [0, 0.05) is 60.8 Å². The van der Waals surface area contributed by atoms with Gasteiger partial charge in [-0.2, -0.15) is 5.10 Å². The molecule has 1 aromatic carbocycles. The SMILES string of the molecule is Cc1c(-c2cn(S(=O)(=O)c3ccccc3)c3ncc([C@H]4CC[C@@H](N5CCOCC5)CC4)cc23)cnn1C. The van der Waals surface area contributed by atoms with Crippen molar-refractivity contribution >= 4 is 21.1 Å². The van der Waals surface area contributed by atoms with Crippen LogP contribution in [0.2, 0.25) is 0 Å². The Morgan fingerprint density at radius 3 is 2.38 bits per heavy atom. The second-order valence-corrected chi connectivity index (χ2v) is 12.0. The molecule has 2 aliphatic rings. The van der Waals surface area contributed by atoms with Gasteiger partial charge >= 0.3 is 0 Å². The Hall–Kier alpha value is -3.01. The molecule has 0 N–H and O–H groups in total. The van der Waals surface area contributed by atoms with Crippen molar-refractivity contribution in [3.63, 3.8) is 0 Å². The predicted octanol–water partition coefficient (Wildman–Crippen LogP) is 4.34. The first-order valence-electron chi connectivity index (χ1n) is 13.1. The zero-order valence-corrected chi connectivity index (χ0v) is 22.2. The van der Waals surface area contributed by atoms with E-state index in [1.165, 1.54) is 22.4 Å². The molecule has 6 rings (SSSR count). The van der Waals surface area contributed by atoms with Crippen LogP contribution >= 0.6 is 0 Å². The molecule has 9 heteroatoms. The third-order valence-corrected chi connectivity index (χ3v) is 9.85. The number of benzene rings is 1. The van der Waals surface area contributed by atoms with Gasteiger partial charge in [-0.3, -0.25) is 9.58 Å². The maximum Gasteiger partial charge on any atom is 0.269 e. The number of hydrogen-bond donors (Lipinski definition) is 0. The van der Waals surface area contributed by atoms with Gasteiger partial charge < -0.3 is 4.74 Å². The molecule has 0 spiro atoms. The fourth-order valence-corrected chi connectivity index (χ4v) is 7.25. The van der Waals surface area contributed by atoms with Crippen LogP contribution in [0.3, 0.4) is 0 Å². The van der Waals surface area contributed by atoms with Crippen molar-refractivity contribution in [3.05, 3.63) is 66.2 Å². The number of pyridine rings is 1. The van der Waals surface area contributed by atoms with Gasteiger partial charge in [-0.15, -0.1) is 0 Å². The first kappa shape index (κ1) is 24.3. The summed E-state index contributed by atoms with van der Waals surface area (Å²) in [6, 6.07) is 11.3. The smallest absolute Gasteiger partial charge is 0.269 e. The van der Waals surface area contributed by atoms with E-state index in [-0.39, 0.29) is 4.90 Å². The highest BCUT2D eigenvalue weighted by Crippen LogP contribution is 2.39. The quantitative estimate of drug-likeness (QED) is 0.390. The molecular formula is C28H33N5O3S. The molecule has 8 nitrogen and oxygen atoms in total. The lowest BCUT2D eigenvalue weighted by atomic mass is 9.81. The van der Waals surface area contributed by atoms with Crippen LogP contribution in [0.25, 0.3) is 22.2 Å². The molecule has 194 valence electrons. The molecule has 3 aromatic heterocycles. The zero-order chi connectivity index (χ0) is 25.6. The Labute approximate surface area is 217 Å². The molecule has 1 saturated heterocycles. The van der Waals surface area contributed by atoms with Gasteiger partial charge in [0.05, 0.1) is 24.3 Å². The average Bonchev–Trinajstić information content (AvgIpc) is 3.49. The van der Waals surface area contributed by atoms with E-state index in [4.69, 9.17) is 9.72 Å². The van der Waals surface area contributed by atoms with Gasteiger partial charge in [-0.25, -0.2) is 17.4 Å². The van der Waals surface area contributed by atoms with E-state index in [2.05, 4.69) is 16.1 Å². The summed E-state index contributed by atoms with van der Waals surface area (Å²) in [6.45, 7) is 5.72. The lowest BCUT2D eigenvalue weighted by Crippen LogP contribution is -2.44. The first-order valence-corrected chi connectivity index (χ1v) is 14.5. The molecule has 0 bridgehead atoms. The van der Waals surface area contributed by atoms with Gasteiger partial charge in [0.15, 0.2) is 5.65 Å². The van der Waals surface area contributed by atoms with Crippen LogP contribution in [0.5, 0.6) is 0 Å². The van der Waals surface area contributed by atoms with E-state index in [0.29, 0.717) is 17.6 Å². The van der Waals surface area contributed by atoms with Crippen molar-refractivity contribution in [2.45, 2.75) is 49.5 Å². The monoisotopic (exact) mass is 519 g/mol. The van der Waals surface area contributed by atoms with E-state index in [1.807, 2.05) is 37.1 Å². The molecule has 37 heavy (non-hydrogen) atoms. The number of morpholine rings is 1. The Bertz CT molecular complexity index is 1510. The molecule has 0 unspecified atom stereocenters. The Balaban J connectivity index is 1.39. The number of aryl methyl sites for hydroxylation is 1. The average molecular weight is 520 g/mol. The molecular weight excluding hydrogens is 486 g/mol. The highest BCUT2D eigenvalue weighted by atomic mass is 32.2. The molecule has 0 amide bonds. The van der Waals surface area contributed by atoms with Crippen molar-refractivity contribution in [2.75, 3.05) is 26.3 Å².